The van der Waals surface area contributed by atoms with E-state index in [2.05, 4.69) is 9.71 Å². The van der Waals surface area contributed by atoms with Gasteiger partial charge in [-0.15, -0.1) is 11.3 Å². The van der Waals surface area contributed by atoms with E-state index in [1.54, 1.807) is 0 Å². The smallest absolute Gasteiger partial charge is 0.348 e. The molecule has 2 aliphatic carbocycles. The summed E-state index contributed by atoms with van der Waals surface area (Å²) < 4.78 is 45.7. The lowest BCUT2D eigenvalue weighted by molar-refractivity contribution is -0.159. The summed E-state index contributed by atoms with van der Waals surface area (Å²) in [6, 6.07) is 3.79. The van der Waals surface area contributed by atoms with Gasteiger partial charge < -0.3 is 5.32 Å². The summed E-state index contributed by atoms with van der Waals surface area (Å²) in [6.45, 7) is 0. The highest BCUT2D eigenvalue weighted by Gasteiger charge is 2.60. The van der Waals surface area contributed by atoms with Crippen molar-refractivity contribution in [1.29, 1.82) is 0 Å². The molecular formula is C25H23Cl2F3N2O2S2. The number of thiophene rings is 1. The molecule has 1 amide bonds. The van der Waals surface area contributed by atoms with E-state index in [-0.39, 0.29) is 39.8 Å². The Kier molecular flexibility index (Phi) is 7.22. The molecule has 1 saturated carbocycles. The summed E-state index contributed by atoms with van der Waals surface area (Å²) in [5, 5.41) is 3.25. The number of hydrogen-bond acceptors (Lipinski definition) is 5. The third-order valence-corrected chi connectivity index (χ3v) is 10.0. The molecule has 2 unspecified atom stereocenters. The Morgan fingerprint density at radius 3 is 2.42 bits per heavy atom. The van der Waals surface area contributed by atoms with Gasteiger partial charge in [0.25, 0.3) is 5.91 Å². The minimum atomic E-state index is -4.61. The van der Waals surface area contributed by atoms with Gasteiger partial charge in [0.15, 0.2) is 4.75 Å². The standard InChI is InChI=1S/C25H23Cl2F3N2O2S2/c26-14-8-13(9-15(27)10-14)24(25(28,29)30)12-20(32-36-24)21-18-6-1-2-7-19(18)22(35-21)23(34)31-16-4-3-5-17(33)11-16/h8-10,16H,1-7,11-12H2,(H,31,34). The van der Waals surface area contributed by atoms with Gasteiger partial charge in [0.1, 0.15) is 5.78 Å². The van der Waals surface area contributed by atoms with E-state index < -0.39 is 10.9 Å². The molecule has 1 aliphatic heterocycles. The molecule has 4 nitrogen and oxygen atoms in total. The summed E-state index contributed by atoms with van der Waals surface area (Å²) in [4.78, 5) is 26.2. The van der Waals surface area contributed by atoms with Crippen molar-refractivity contribution in [3.63, 3.8) is 0 Å². The number of benzene rings is 1. The number of amides is 1. The Bertz CT molecular complexity index is 1240. The minimum Gasteiger partial charge on any atom is -0.348 e. The van der Waals surface area contributed by atoms with Crippen molar-refractivity contribution >= 4 is 63.9 Å². The number of carbonyl (C=O) groups is 2. The molecule has 36 heavy (non-hydrogen) atoms. The maximum Gasteiger partial charge on any atom is 0.409 e. The van der Waals surface area contributed by atoms with Crippen LogP contribution < -0.4 is 5.32 Å². The largest absolute Gasteiger partial charge is 0.409 e. The van der Waals surface area contributed by atoms with Gasteiger partial charge in [0, 0.05) is 35.3 Å². The third kappa shape index (κ3) is 4.84. The molecule has 0 saturated heterocycles. The predicted octanol–water partition coefficient (Wildman–Crippen LogP) is 7.47. The molecule has 0 bridgehead atoms. The molecule has 2 aromatic rings. The summed E-state index contributed by atoms with van der Waals surface area (Å²) in [7, 11) is 0. The van der Waals surface area contributed by atoms with Crippen LogP contribution >= 0.6 is 46.5 Å². The molecule has 1 aromatic heterocycles. The van der Waals surface area contributed by atoms with Gasteiger partial charge in [0.2, 0.25) is 0 Å². The van der Waals surface area contributed by atoms with Crippen molar-refractivity contribution in [3.8, 4) is 0 Å². The normalized spacial score (nSPS) is 24.4. The Morgan fingerprint density at radius 1 is 1.06 bits per heavy atom. The first-order chi connectivity index (χ1) is 17.1. The van der Waals surface area contributed by atoms with E-state index >= 15 is 0 Å². The van der Waals surface area contributed by atoms with Gasteiger partial charge in [-0.25, -0.2) is 4.40 Å². The zero-order valence-electron chi connectivity index (χ0n) is 19.1. The minimum absolute atomic E-state index is 0.0402. The number of carbonyl (C=O) groups excluding carboxylic acids is 2. The number of Topliss-reactive ketones (excluding diaryl/α,β-unsaturated/α-hetero) is 1. The van der Waals surface area contributed by atoms with E-state index in [4.69, 9.17) is 23.2 Å². The van der Waals surface area contributed by atoms with Crippen molar-refractivity contribution < 1.29 is 22.8 Å². The molecule has 192 valence electrons. The predicted molar refractivity (Wildman–Crippen MR) is 139 cm³/mol. The fourth-order valence-corrected chi connectivity index (χ4v) is 8.08. The van der Waals surface area contributed by atoms with Gasteiger partial charge in [-0.05, 0) is 85.4 Å². The number of fused-ring (bicyclic) bond motifs is 1. The number of hydrogen-bond donors (Lipinski definition) is 1. The number of ketones is 1. The van der Waals surface area contributed by atoms with Gasteiger partial charge in [0.05, 0.1) is 15.5 Å². The van der Waals surface area contributed by atoms with Gasteiger partial charge >= 0.3 is 6.18 Å². The maximum absolute atomic E-state index is 14.6. The third-order valence-electron chi connectivity index (χ3n) is 7.02. The van der Waals surface area contributed by atoms with Crippen LogP contribution in [-0.4, -0.2) is 29.6 Å². The van der Waals surface area contributed by atoms with Gasteiger partial charge in [-0.2, -0.15) is 13.2 Å². The van der Waals surface area contributed by atoms with Crippen molar-refractivity contribution in [3.05, 3.63) is 54.7 Å². The highest BCUT2D eigenvalue weighted by molar-refractivity contribution is 7.99. The average molecular weight is 576 g/mol. The van der Waals surface area contributed by atoms with Crippen molar-refractivity contribution in [2.24, 2.45) is 4.40 Å². The molecule has 3 aliphatic rings. The average Bonchev–Trinajstić information content (AvgIpc) is 3.41. The SMILES string of the molecule is O=C1CCCC(NC(=O)c2sc(C3=NSC(c4cc(Cl)cc(Cl)c4)(C(F)(F)F)C3)c3c2CCCC3)C1. The monoisotopic (exact) mass is 574 g/mol. The second-order valence-corrected chi connectivity index (χ2v) is 12.5. The molecule has 2 heterocycles. The van der Waals surface area contributed by atoms with Gasteiger partial charge in [-0.3, -0.25) is 9.59 Å². The quantitative estimate of drug-likeness (QED) is 0.385. The highest BCUT2D eigenvalue weighted by atomic mass is 35.5. The van der Waals surface area contributed by atoms with E-state index in [1.165, 1.54) is 29.5 Å². The zero-order valence-corrected chi connectivity index (χ0v) is 22.3. The number of nitrogens with one attached hydrogen (secondary N) is 1. The molecule has 1 aromatic carbocycles. The first-order valence-corrected chi connectivity index (χ1v) is 14.2. The Balaban J connectivity index is 1.48. The second kappa shape index (κ2) is 9.97. The number of rotatable bonds is 4. The number of nitrogens with zero attached hydrogens (tertiary/aromatic N) is 1. The van der Waals surface area contributed by atoms with Crippen LogP contribution in [0.3, 0.4) is 0 Å². The molecule has 1 N–H and O–H groups in total. The van der Waals surface area contributed by atoms with Crippen LogP contribution in [0.4, 0.5) is 13.2 Å². The first-order valence-electron chi connectivity index (χ1n) is 11.8. The van der Waals surface area contributed by atoms with Crippen LogP contribution in [0.25, 0.3) is 0 Å². The van der Waals surface area contributed by atoms with Gasteiger partial charge in [-0.1, -0.05) is 23.2 Å². The summed E-state index contributed by atoms with van der Waals surface area (Å²) >= 11 is 13.8. The van der Waals surface area contributed by atoms with E-state index in [0.29, 0.717) is 53.1 Å². The molecule has 11 heteroatoms. The topological polar surface area (TPSA) is 58.5 Å². The summed E-state index contributed by atoms with van der Waals surface area (Å²) in [5.74, 6) is -0.110. The molecule has 1 fully saturated rings. The van der Waals surface area contributed by atoms with Crippen LogP contribution in [0, 0.1) is 0 Å². The fraction of sp³-hybridized carbons (Fsp3) is 0.480. The molecule has 2 atom stereocenters. The maximum atomic E-state index is 14.6. The van der Waals surface area contributed by atoms with E-state index in [0.717, 1.165) is 36.8 Å². The molecule has 5 rings (SSSR count). The lowest BCUT2D eigenvalue weighted by Crippen LogP contribution is -2.38. The van der Waals surface area contributed by atoms with Crippen LogP contribution in [0.1, 0.15) is 76.2 Å². The molecule has 0 spiro atoms. The Morgan fingerprint density at radius 2 is 1.75 bits per heavy atom. The van der Waals surface area contributed by atoms with Crippen molar-refractivity contribution in [2.75, 3.05) is 0 Å². The van der Waals surface area contributed by atoms with Crippen LogP contribution in [-0.2, 0) is 22.4 Å². The highest BCUT2D eigenvalue weighted by Crippen LogP contribution is 2.58. The van der Waals surface area contributed by atoms with Crippen LogP contribution in [0.15, 0.2) is 22.6 Å². The lowest BCUT2D eigenvalue weighted by Gasteiger charge is -2.30. The van der Waals surface area contributed by atoms with Crippen LogP contribution in [0.5, 0.6) is 0 Å². The molecule has 0 radical (unpaired) electrons. The first kappa shape index (κ1) is 26.1. The summed E-state index contributed by atoms with van der Waals surface area (Å²) in [6.07, 6.45) is 0.604. The van der Waals surface area contributed by atoms with Crippen LogP contribution in [0.2, 0.25) is 10.0 Å². The fourth-order valence-electron chi connectivity index (χ4n) is 5.26. The number of halogens is 5. The Hall–Kier alpha value is -1.55. The summed E-state index contributed by atoms with van der Waals surface area (Å²) in [5.41, 5.74) is 2.13. The Labute approximate surface area is 225 Å². The molecular weight excluding hydrogens is 552 g/mol. The number of alkyl halides is 3. The van der Waals surface area contributed by atoms with E-state index in [1.807, 2.05) is 0 Å². The van der Waals surface area contributed by atoms with Crippen molar-refractivity contribution in [1.82, 2.24) is 5.32 Å². The second-order valence-electron chi connectivity index (χ2n) is 9.52. The van der Waals surface area contributed by atoms with Crippen molar-refractivity contribution in [2.45, 2.75) is 74.8 Å². The van der Waals surface area contributed by atoms with E-state index in [9.17, 15) is 22.8 Å². The zero-order chi connectivity index (χ0) is 25.7. The lowest BCUT2D eigenvalue weighted by atomic mass is 9.87.